The number of amides is 1. The van der Waals surface area contributed by atoms with E-state index in [2.05, 4.69) is 0 Å². The molecule has 1 aliphatic heterocycles. The fourth-order valence-corrected chi connectivity index (χ4v) is 2.81. The van der Waals surface area contributed by atoms with Crippen LogP contribution in [0.4, 0.5) is 0 Å². The summed E-state index contributed by atoms with van der Waals surface area (Å²) in [5.74, 6) is -0.0932. The zero-order chi connectivity index (χ0) is 14.7. The SMILES string of the molecule is CC1COCCN1C(=O)CC(O)c1cc(Cl)cc(Cl)c1. The predicted molar refractivity (Wildman–Crippen MR) is 78.0 cm³/mol. The molecule has 2 rings (SSSR count). The minimum atomic E-state index is -0.909. The molecule has 6 heteroatoms. The monoisotopic (exact) mass is 317 g/mol. The second kappa shape index (κ2) is 6.76. The van der Waals surface area contributed by atoms with Crippen molar-refractivity contribution in [3.63, 3.8) is 0 Å². The van der Waals surface area contributed by atoms with Crippen molar-refractivity contribution >= 4 is 29.1 Å². The van der Waals surface area contributed by atoms with Crippen molar-refractivity contribution in [2.75, 3.05) is 19.8 Å². The van der Waals surface area contributed by atoms with E-state index in [0.29, 0.717) is 35.4 Å². The van der Waals surface area contributed by atoms with Crippen LogP contribution in [0.25, 0.3) is 0 Å². The Morgan fingerprint density at radius 1 is 1.45 bits per heavy atom. The Bertz CT molecular complexity index is 475. The van der Waals surface area contributed by atoms with E-state index in [1.54, 1.807) is 23.1 Å². The quantitative estimate of drug-likeness (QED) is 0.932. The molecule has 4 nitrogen and oxygen atoms in total. The molecule has 20 heavy (non-hydrogen) atoms. The molecule has 1 aliphatic rings. The highest BCUT2D eigenvalue weighted by molar-refractivity contribution is 6.34. The highest BCUT2D eigenvalue weighted by Gasteiger charge is 2.25. The number of halogens is 2. The average Bonchev–Trinajstić information content (AvgIpc) is 2.37. The number of hydrogen-bond acceptors (Lipinski definition) is 3. The number of carbonyl (C=O) groups is 1. The number of carbonyl (C=O) groups excluding carboxylic acids is 1. The number of aliphatic hydroxyl groups excluding tert-OH is 1. The van der Waals surface area contributed by atoms with Crippen molar-refractivity contribution in [1.82, 2.24) is 4.90 Å². The fourth-order valence-electron chi connectivity index (χ4n) is 2.27. The van der Waals surface area contributed by atoms with Crippen molar-refractivity contribution in [1.29, 1.82) is 0 Å². The Balaban J connectivity index is 2.03. The van der Waals surface area contributed by atoms with Gasteiger partial charge in [0.2, 0.25) is 5.91 Å². The van der Waals surface area contributed by atoms with Crippen LogP contribution >= 0.6 is 23.2 Å². The van der Waals surface area contributed by atoms with Gasteiger partial charge in [-0.05, 0) is 30.7 Å². The standard InChI is InChI=1S/C14H17Cl2NO3/c1-9-8-20-3-2-17(9)14(19)7-13(18)10-4-11(15)6-12(16)5-10/h4-6,9,13,18H,2-3,7-8H2,1H3. The summed E-state index contributed by atoms with van der Waals surface area (Å²) in [5, 5.41) is 11.0. The molecule has 110 valence electrons. The van der Waals surface area contributed by atoms with E-state index in [0.717, 1.165) is 0 Å². The van der Waals surface area contributed by atoms with Crippen molar-refractivity contribution in [2.45, 2.75) is 25.5 Å². The van der Waals surface area contributed by atoms with E-state index >= 15 is 0 Å². The van der Waals surface area contributed by atoms with Gasteiger partial charge in [0.15, 0.2) is 0 Å². The summed E-state index contributed by atoms with van der Waals surface area (Å²) in [5.41, 5.74) is 0.553. The molecule has 0 aliphatic carbocycles. The molecule has 1 N–H and O–H groups in total. The van der Waals surface area contributed by atoms with Gasteiger partial charge in [-0.3, -0.25) is 4.79 Å². The zero-order valence-corrected chi connectivity index (χ0v) is 12.7. The molecule has 0 saturated carbocycles. The lowest BCUT2D eigenvalue weighted by Gasteiger charge is -2.33. The Kier molecular flexibility index (Phi) is 5.27. The first-order valence-corrected chi connectivity index (χ1v) is 7.24. The molecule has 1 saturated heterocycles. The summed E-state index contributed by atoms with van der Waals surface area (Å²) in [6.07, 6.45) is -0.894. The highest BCUT2D eigenvalue weighted by Crippen LogP contribution is 2.26. The van der Waals surface area contributed by atoms with Crippen LogP contribution in [0.3, 0.4) is 0 Å². The fraction of sp³-hybridized carbons (Fsp3) is 0.500. The van der Waals surface area contributed by atoms with E-state index in [4.69, 9.17) is 27.9 Å². The van der Waals surface area contributed by atoms with Crippen molar-refractivity contribution < 1.29 is 14.6 Å². The number of nitrogens with zero attached hydrogens (tertiary/aromatic N) is 1. The summed E-state index contributed by atoms with van der Waals surface area (Å²) in [7, 11) is 0. The molecule has 1 amide bonds. The third kappa shape index (κ3) is 3.85. The van der Waals surface area contributed by atoms with Gasteiger partial charge in [-0.1, -0.05) is 23.2 Å². The van der Waals surface area contributed by atoms with Gasteiger partial charge in [-0.15, -0.1) is 0 Å². The Hall–Kier alpha value is -0.810. The normalized spacial score (nSPS) is 20.8. The van der Waals surface area contributed by atoms with Gasteiger partial charge in [0, 0.05) is 16.6 Å². The van der Waals surface area contributed by atoms with Gasteiger partial charge in [-0.25, -0.2) is 0 Å². The van der Waals surface area contributed by atoms with Crippen LogP contribution in [0.2, 0.25) is 10.0 Å². The van der Waals surface area contributed by atoms with Gasteiger partial charge in [0.05, 0.1) is 31.8 Å². The van der Waals surface area contributed by atoms with Gasteiger partial charge in [-0.2, -0.15) is 0 Å². The number of rotatable bonds is 3. The molecular formula is C14H17Cl2NO3. The molecule has 2 atom stereocenters. The second-order valence-electron chi connectivity index (χ2n) is 4.93. The van der Waals surface area contributed by atoms with Crippen LogP contribution in [0.15, 0.2) is 18.2 Å². The lowest BCUT2D eigenvalue weighted by Crippen LogP contribution is -2.47. The highest BCUT2D eigenvalue weighted by atomic mass is 35.5. The zero-order valence-electron chi connectivity index (χ0n) is 11.2. The molecular weight excluding hydrogens is 301 g/mol. The minimum absolute atomic E-state index is 0.0149. The van der Waals surface area contributed by atoms with Crippen LogP contribution in [-0.4, -0.2) is 41.7 Å². The number of morpholine rings is 1. The van der Waals surface area contributed by atoms with Crippen LogP contribution in [0.5, 0.6) is 0 Å². The summed E-state index contributed by atoms with van der Waals surface area (Å²) in [6.45, 7) is 3.56. The van der Waals surface area contributed by atoms with Crippen LogP contribution in [-0.2, 0) is 9.53 Å². The van der Waals surface area contributed by atoms with Gasteiger partial charge < -0.3 is 14.7 Å². The molecule has 0 bridgehead atoms. The smallest absolute Gasteiger partial charge is 0.225 e. The van der Waals surface area contributed by atoms with Crippen LogP contribution < -0.4 is 0 Å². The van der Waals surface area contributed by atoms with Crippen LogP contribution in [0, 0.1) is 0 Å². The molecule has 1 aromatic rings. The average molecular weight is 318 g/mol. The predicted octanol–water partition coefficient (Wildman–Crippen LogP) is 2.66. The Morgan fingerprint density at radius 3 is 2.70 bits per heavy atom. The van der Waals surface area contributed by atoms with Gasteiger partial charge in [0.1, 0.15) is 0 Å². The lowest BCUT2D eigenvalue weighted by molar-refractivity contribution is -0.141. The molecule has 2 unspecified atom stereocenters. The van der Waals surface area contributed by atoms with E-state index in [-0.39, 0.29) is 18.4 Å². The summed E-state index contributed by atoms with van der Waals surface area (Å²) in [4.78, 5) is 13.9. The maximum atomic E-state index is 12.2. The Morgan fingerprint density at radius 2 is 2.10 bits per heavy atom. The van der Waals surface area contributed by atoms with E-state index in [1.165, 1.54) is 0 Å². The van der Waals surface area contributed by atoms with Crippen molar-refractivity contribution in [3.8, 4) is 0 Å². The third-order valence-electron chi connectivity index (χ3n) is 3.33. The largest absolute Gasteiger partial charge is 0.388 e. The molecule has 0 spiro atoms. The maximum absolute atomic E-state index is 12.2. The van der Waals surface area contributed by atoms with E-state index in [1.807, 2.05) is 6.92 Å². The van der Waals surface area contributed by atoms with Crippen LogP contribution in [0.1, 0.15) is 25.0 Å². The van der Waals surface area contributed by atoms with E-state index < -0.39 is 6.10 Å². The molecule has 0 radical (unpaired) electrons. The maximum Gasteiger partial charge on any atom is 0.225 e. The van der Waals surface area contributed by atoms with Gasteiger partial charge in [0.25, 0.3) is 0 Å². The molecule has 1 heterocycles. The summed E-state index contributed by atoms with van der Waals surface area (Å²) >= 11 is 11.8. The lowest BCUT2D eigenvalue weighted by atomic mass is 10.1. The second-order valence-corrected chi connectivity index (χ2v) is 5.81. The van der Waals surface area contributed by atoms with E-state index in [9.17, 15) is 9.90 Å². The number of hydrogen-bond donors (Lipinski definition) is 1. The van der Waals surface area contributed by atoms with Crippen molar-refractivity contribution in [3.05, 3.63) is 33.8 Å². The number of aliphatic hydroxyl groups is 1. The molecule has 1 fully saturated rings. The van der Waals surface area contributed by atoms with Crippen molar-refractivity contribution in [2.24, 2.45) is 0 Å². The first kappa shape index (κ1) is 15.6. The first-order valence-electron chi connectivity index (χ1n) is 6.48. The first-order chi connectivity index (χ1) is 9.47. The topological polar surface area (TPSA) is 49.8 Å². The summed E-state index contributed by atoms with van der Waals surface area (Å²) in [6, 6.07) is 4.86. The molecule has 1 aromatic carbocycles. The Labute approximate surface area is 128 Å². The number of ether oxygens (including phenoxy) is 1. The number of benzene rings is 1. The minimum Gasteiger partial charge on any atom is -0.388 e. The van der Waals surface area contributed by atoms with Gasteiger partial charge >= 0.3 is 0 Å². The molecule has 0 aromatic heterocycles. The summed E-state index contributed by atoms with van der Waals surface area (Å²) < 4.78 is 5.29. The third-order valence-corrected chi connectivity index (χ3v) is 3.76.